The van der Waals surface area contributed by atoms with Crippen molar-refractivity contribution in [2.75, 3.05) is 0 Å². The monoisotopic (exact) mass is 654 g/mol. The van der Waals surface area contributed by atoms with Gasteiger partial charge >= 0.3 is 0 Å². The SMILES string of the molecule is [2H]c1c([2H])c([2H])c(-c2c([2H])c([2H])c([2H])c3c2sc2c([2H])c([2H])c(-c4nc(-c5ccc(-c6ccccc6)cc5)nc(-c5cccc(-c6ccccc6)c5)n4)c([2H])c23)c([2H])c1[2H]. The Hall–Kier alpha value is -6.23. The van der Waals surface area contributed by atoms with Crippen LogP contribution in [0.4, 0.5) is 0 Å². The standard InChI is InChI=1S/C45H29N3S/c1-4-12-30(13-5-1)32-22-24-34(25-23-32)43-46-44(36-19-10-18-35(28-36)31-14-6-2-7-15-31)48-45(47-43)37-26-27-41-40(29-37)39-21-11-20-38(42(39)49-41)33-16-8-3-9-17-33/h1-29H/i3D,8D,9D,11D,16D,17D,20D,21D,26D,27D,29D. The third kappa shape index (κ3) is 5.58. The summed E-state index contributed by atoms with van der Waals surface area (Å²) in [5.74, 6) is 0.423. The second-order valence-corrected chi connectivity index (χ2v) is 12.2. The highest BCUT2D eigenvalue weighted by Gasteiger charge is 2.16. The van der Waals surface area contributed by atoms with Crippen molar-refractivity contribution in [3.63, 3.8) is 0 Å². The van der Waals surface area contributed by atoms with E-state index in [0.717, 1.165) is 33.6 Å². The van der Waals surface area contributed by atoms with E-state index in [1.54, 1.807) is 0 Å². The Labute approximate surface area is 304 Å². The number of hydrogen-bond donors (Lipinski definition) is 0. The molecule has 2 heterocycles. The van der Waals surface area contributed by atoms with Gasteiger partial charge in [0.25, 0.3) is 0 Å². The van der Waals surface area contributed by atoms with Crippen molar-refractivity contribution in [3.05, 3.63) is 176 Å². The van der Waals surface area contributed by atoms with Gasteiger partial charge in [0.15, 0.2) is 17.5 Å². The van der Waals surface area contributed by atoms with Crippen LogP contribution in [-0.4, -0.2) is 15.0 Å². The van der Waals surface area contributed by atoms with Gasteiger partial charge in [0.2, 0.25) is 0 Å². The summed E-state index contributed by atoms with van der Waals surface area (Å²) >= 11 is 0.871. The van der Waals surface area contributed by atoms with E-state index in [-0.39, 0.29) is 72.5 Å². The van der Waals surface area contributed by atoms with Crippen LogP contribution in [0.2, 0.25) is 0 Å². The summed E-state index contributed by atoms with van der Waals surface area (Å²) in [5, 5.41) is 0.0130. The van der Waals surface area contributed by atoms with Crippen LogP contribution in [-0.2, 0) is 0 Å². The van der Waals surface area contributed by atoms with Crippen LogP contribution in [0.25, 0.3) is 87.7 Å². The molecule has 49 heavy (non-hydrogen) atoms. The molecule has 0 unspecified atom stereocenters. The second kappa shape index (κ2) is 12.4. The van der Waals surface area contributed by atoms with E-state index in [9.17, 15) is 4.11 Å². The van der Waals surface area contributed by atoms with Gasteiger partial charge in [-0.05, 0) is 57.6 Å². The number of rotatable bonds is 6. The third-order valence-corrected chi connectivity index (χ3v) is 9.27. The lowest BCUT2D eigenvalue weighted by atomic mass is 10.0. The average molecular weight is 655 g/mol. The van der Waals surface area contributed by atoms with Gasteiger partial charge in [-0.15, -0.1) is 11.3 Å². The molecule has 0 fully saturated rings. The molecule has 0 aliphatic heterocycles. The molecule has 0 spiro atoms. The normalized spacial score (nSPS) is 14.4. The van der Waals surface area contributed by atoms with E-state index in [2.05, 4.69) is 0 Å². The molecule has 0 saturated heterocycles. The van der Waals surface area contributed by atoms with Crippen molar-refractivity contribution < 1.29 is 15.1 Å². The highest BCUT2D eigenvalue weighted by Crippen LogP contribution is 2.41. The van der Waals surface area contributed by atoms with E-state index < -0.39 is 48.3 Å². The Kier molecular flexibility index (Phi) is 4.96. The zero-order valence-corrected chi connectivity index (χ0v) is 26.5. The Morgan fingerprint density at radius 1 is 0.408 bits per heavy atom. The van der Waals surface area contributed by atoms with Crippen LogP contribution < -0.4 is 0 Å². The van der Waals surface area contributed by atoms with Gasteiger partial charge < -0.3 is 0 Å². The molecular formula is C45H29N3S. The van der Waals surface area contributed by atoms with Crippen LogP contribution >= 0.6 is 11.3 Å². The Morgan fingerprint density at radius 2 is 1.00 bits per heavy atom. The minimum Gasteiger partial charge on any atom is -0.208 e. The summed E-state index contributed by atoms with van der Waals surface area (Å²) in [6, 6.07) is 29.3. The lowest BCUT2D eigenvalue weighted by Gasteiger charge is -2.10. The van der Waals surface area contributed by atoms with Crippen LogP contribution in [0, 0.1) is 0 Å². The summed E-state index contributed by atoms with van der Waals surface area (Å²) in [4.78, 5) is 14.6. The third-order valence-electron chi connectivity index (χ3n) is 8.15. The predicted octanol–water partition coefficient (Wildman–Crippen LogP) is 12.2. The van der Waals surface area contributed by atoms with Gasteiger partial charge in [-0.2, -0.15) is 0 Å². The van der Waals surface area contributed by atoms with Crippen LogP contribution in [0.15, 0.2) is 176 Å². The maximum atomic E-state index is 9.66. The first kappa shape index (κ1) is 19.6. The van der Waals surface area contributed by atoms with Gasteiger partial charge in [-0.25, -0.2) is 15.0 Å². The fraction of sp³-hybridized carbons (Fsp3) is 0. The molecule has 0 amide bonds. The smallest absolute Gasteiger partial charge is 0.164 e. The van der Waals surface area contributed by atoms with E-state index in [1.165, 1.54) is 0 Å². The van der Waals surface area contributed by atoms with Crippen molar-refractivity contribution in [3.8, 4) is 67.5 Å². The molecule has 0 bridgehead atoms. The molecule has 0 atom stereocenters. The van der Waals surface area contributed by atoms with Gasteiger partial charge in [-0.1, -0.05) is 151 Å². The highest BCUT2D eigenvalue weighted by atomic mass is 32.1. The van der Waals surface area contributed by atoms with Crippen molar-refractivity contribution in [2.24, 2.45) is 0 Å². The number of fused-ring (bicyclic) bond motifs is 3. The summed E-state index contributed by atoms with van der Waals surface area (Å²) < 4.78 is 97.2. The van der Waals surface area contributed by atoms with Crippen LogP contribution in [0.3, 0.4) is 0 Å². The second-order valence-electron chi connectivity index (χ2n) is 11.2. The quantitative estimate of drug-likeness (QED) is 0.179. The van der Waals surface area contributed by atoms with Gasteiger partial charge in [-0.3, -0.25) is 0 Å². The minimum absolute atomic E-state index is 0.0147. The molecular weight excluding hydrogens is 615 g/mol. The van der Waals surface area contributed by atoms with Crippen molar-refractivity contribution in [2.45, 2.75) is 0 Å². The zero-order chi connectivity index (χ0) is 42.1. The molecule has 230 valence electrons. The number of nitrogens with zero attached hydrogens (tertiary/aromatic N) is 3. The van der Waals surface area contributed by atoms with E-state index >= 15 is 0 Å². The lowest BCUT2D eigenvalue weighted by Crippen LogP contribution is -2.00. The summed E-state index contributed by atoms with van der Waals surface area (Å²) in [6.45, 7) is 0. The van der Waals surface area contributed by atoms with E-state index in [4.69, 9.17) is 25.9 Å². The number of thiophene rings is 1. The van der Waals surface area contributed by atoms with Gasteiger partial charge in [0.05, 0.1) is 15.1 Å². The number of hydrogen-bond acceptors (Lipinski definition) is 4. The fourth-order valence-electron chi connectivity index (χ4n) is 5.74. The molecule has 7 aromatic carbocycles. The Balaban J connectivity index is 1.31. The number of benzene rings is 7. The largest absolute Gasteiger partial charge is 0.208 e. The van der Waals surface area contributed by atoms with Gasteiger partial charge in [0, 0.05) is 36.9 Å². The molecule has 0 radical (unpaired) electrons. The summed E-state index contributed by atoms with van der Waals surface area (Å²) in [5.41, 5.74) is 4.49. The molecule has 9 aromatic rings. The average Bonchev–Trinajstić information content (AvgIpc) is 3.69. The summed E-state index contributed by atoms with van der Waals surface area (Å²) in [6.07, 6.45) is 0. The van der Waals surface area contributed by atoms with E-state index in [0.29, 0.717) is 11.1 Å². The fourth-order valence-corrected chi connectivity index (χ4v) is 6.81. The molecule has 0 saturated carbocycles. The lowest BCUT2D eigenvalue weighted by molar-refractivity contribution is 1.07. The number of aromatic nitrogens is 3. The summed E-state index contributed by atoms with van der Waals surface area (Å²) in [7, 11) is 0. The molecule has 2 aromatic heterocycles. The van der Waals surface area contributed by atoms with Crippen LogP contribution in [0.1, 0.15) is 15.1 Å². The molecule has 0 aliphatic carbocycles. The maximum absolute atomic E-state index is 9.66. The van der Waals surface area contributed by atoms with E-state index in [1.807, 2.05) is 109 Å². The van der Waals surface area contributed by atoms with Crippen molar-refractivity contribution in [1.82, 2.24) is 15.0 Å². The zero-order valence-electron chi connectivity index (χ0n) is 36.6. The molecule has 0 aliphatic rings. The Bertz CT molecular complexity index is 3180. The van der Waals surface area contributed by atoms with Crippen molar-refractivity contribution in [1.29, 1.82) is 0 Å². The molecule has 0 N–H and O–H groups in total. The molecule has 4 heteroatoms. The molecule has 9 rings (SSSR count). The van der Waals surface area contributed by atoms with Crippen molar-refractivity contribution >= 4 is 31.5 Å². The van der Waals surface area contributed by atoms with Gasteiger partial charge in [0.1, 0.15) is 0 Å². The first-order valence-electron chi connectivity index (χ1n) is 21.0. The minimum atomic E-state index is -0.635. The first-order valence-corrected chi connectivity index (χ1v) is 16.3. The maximum Gasteiger partial charge on any atom is 0.164 e. The first-order chi connectivity index (χ1) is 28.8. The Morgan fingerprint density at radius 3 is 1.73 bits per heavy atom. The predicted molar refractivity (Wildman–Crippen MR) is 205 cm³/mol. The van der Waals surface area contributed by atoms with Crippen LogP contribution in [0.5, 0.6) is 0 Å². The highest BCUT2D eigenvalue weighted by molar-refractivity contribution is 7.26. The molecule has 3 nitrogen and oxygen atoms in total. The topological polar surface area (TPSA) is 38.7 Å².